The molecule has 1 aromatic heterocycles. The summed E-state index contributed by atoms with van der Waals surface area (Å²) < 4.78 is 14.6. The number of benzene rings is 2. The van der Waals surface area contributed by atoms with Crippen LogP contribution in [0.5, 0.6) is 0 Å². The minimum Gasteiger partial charge on any atom is -0.321 e. The Balaban J connectivity index is 1.82. The maximum Gasteiger partial charge on any atom is 0.278 e. The smallest absolute Gasteiger partial charge is 0.278 e. The third-order valence-corrected chi connectivity index (χ3v) is 3.69. The molecule has 0 aliphatic carbocycles. The van der Waals surface area contributed by atoms with Gasteiger partial charge in [0.05, 0.1) is 5.69 Å². The van der Waals surface area contributed by atoms with E-state index >= 15 is 0 Å². The van der Waals surface area contributed by atoms with Crippen LogP contribution >= 0.6 is 0 Å². The molecular formula is C19H17FN4O2. The molecule has 0 radical (unpaired) electrons. The van der Waals surface area contributed by atoms with Gasteiger partial charge in [-0.15, -0.1) is 0 Å². The van der Waals surface area contributed by atoms with E-state index in [2.05, 4.69) is 15.7 Å². The Morgan fingerprint density at radius 3 is 2.35 bits per heavy atom. The summed E-state index contributed by atoms with van der Waals surface area (Å²) >= 11 is 0. The van der Waals surface area contributed by atoms with Crippen molar-refractivity contribution in [3.63, 3.8) is 0 Å². The predicted octanol–water partition coefficient (Wildman–Crippen LogP) is 3.55. The number of anilines is 2. The van der Waals surface area contributed by atoms with E-state index in [1.807, 2.05) is 13.0 Å². The molecule has 7 heteroatoms. The van der Waals surface area contributed by atoms with Crippen molar-refractivity contribution in [2.24, 2.45) is 0 Å². The van der Waals surface area contributed by atoms with Crippen LogP contribution in [-0.2, 0) is 6.54 Å². The molecule has 0 saturated heterocycles. The van der Waals surface area contributed by atoms with Crippen molar-refractivity contribution in [3.8, 4) is 0 Å². The summed E-state index contributed by atoms with van der Waals surface area (Å²) in [6.07, 6.45) is 1.58. The second-order valence-corrected chi connectivity index (χ2v) is 5.53. The van der Waals surface area contributed by atoms with E-state index in [9.17, 15) is 14.0 Å². The molecule has 0 atom stereocenters. The van der Waals surface area contributed by atoms with Crippen LogP contribution in [0.25, 0.3) is 0 Å². The number of hydrogen-bond acceptors (Lipinski definition) is 3. The van der Waals surface area contributed by atoms with Gasteiger partial charge in [0.25, 0.3) is 11.8 Å². The number of hydrogen-bond donors (Lipinski definition) is 2. The molecule has 0 aliphatic rings. The van der Waals surface area contributed by atoms with Crippen molar-refractivity contribution in [1.82, 2.24) is 9.78 Å². The van der Waals surface area contributed by atoms with E-state index in [1.54, 1.807) is 35.1 Å². The summed E-state index contributed by atoms with van der Waals surface area (Å²) in [6, 6.07) is 14.1. The Morgan fingerprint density at radius 1 is 1.00 bits per heavy atom. The largest absolute Gasteiger partial charge is 0.321 e. The zero-order chi connectivity index (χ0) is 18.5. The van der Waals surface area contributed by atoms with Gasteiger partial charge in [-0.3, -0.25) is 14.3 Å². The topological polar surface area (TPSA) is 76.0 Å². The number of rotatable bonds is 5. The predicted molar refractivity (Wildman–Crippen MR) is 96.6 cm³/mol. The lowest BCUT2D eigenvalue weighted by Gasteiger charge is -2.06. The average Bonchev–Trinajstić information content (AvgIpc) is 3.06. The first-order valence-corrected chi connectivity index (χ1v) is 8.07. The molecule has 2 amide bonds. The highest BCUT2D eigenvalue weighted by Gasteiger charge is 2.19. The summed E-state index contributed by atoms with van der Waals surface area (Å²) in [5.74, 6) is -1.31. The molecule has 0 fully saturated rings. The second kappa shape index (κ2) is 7.60. The SMILES string of the molecule is CCn1cc(NC(=O)c2ccc(F)cc2)c(C(=O)Nc2ccccc2)n1. The third kappa shape index (κ3) is 3.94. The van der Waals surface area contributed by atoms with Crippen molar-refractivity contribution >= 4 is 23.2 Å². The maximum atomic E-state index is 13.0. The molecule has 26 heavy (non-hydrogen) atoms. The number of carbonyl (C=O) groups excluding carboxylic acids is 2. The van der Waals surface area contributed by atoms with Crippen molar-refractivity contribution < 1.29 is 14.0 Å². The standard InChI is InChI=1S/C19H17FN4O2/c1-2-24-12-16(22-18(25)13-8-10-14(20)11-9-13)17(23-24)19(26)21-15-6-4-3-5-7-15/h3-12H,2H2,1H3,(H,21,26)(H,22,25). The Labute approximate surface area is 149 Å². The van der Waals surface area contributed by atoms with Crippen LogP contribution in [0, 0.1) is 5.82 Å². The summed E-state index contributed by atoms with van der Waals surface area (Å²) in [5, 5.41) is 9.62. The molecule has 0 unspecified atom stereocenters. The Morgan fingerprint density at radius 2 is 1.69 bits per heavy atom. The van der Waals surface area contributed by atoms with Crippen LogP contribution in [0.3, 0.4) is 0 Å². The highest BCUT2D eigenvalue weighted by Crippen LogP contribution is 2.18. The second-order valence-electron chi connectivity index (χ2n) is 5.53. The number of nitrogens with zero attached hydrogens (tertiary/aromatic N) is 2. The minimum atomic E-state index is -0.450. The monoisotopic (exact) mass is 352 g/mol. The Hall–Kier alpha value is -3.48. The average molecular weight is 352 g/mol. The van der Waals surface area contributed by atoms with E-state index in [0.717, 1.165) is 0 Å². The van der Waals surface area contributed by atoms with Crippen LogP contribution < -0.4 is 10.6 Å². The van der Waals surface area contributed by atoms with Gasteiger partial charge in [-0.25, -0.2) is 4.39 Å². The van der Waals surface area contributed by atoms with Gasteiger partial charge in [-0.05, 0) is 43.3 Å². The molecule has 132 valence electrons. The maximum absolute atomic E-state index is 13.0. The van der Waals surface area contributed by atoms with Crippen LogP contribution in [0.15, 0.2) is 60.8 Å². The first-order chi connectivity index (χ1) is 12.6. The number of para-hydroxylation sites is 1. The van der Waals surface area contributed by atoms with Gasteiger partial charge >= 0.3 is 0 Å². The van der Waals surface area contributed by atoms with Crippen LogP contribution in [-0.4, -0.2) is 21.6 Å². The van der Waals surface area contributed by atoms with E-state index in [-0.39, 0.29) is 16.9 Å². The number of aryl methyl sites for hydroxylation is 1. The molecule has 6 nitrogen and oxygen atoms in total. The van der Waals surface area contributed by atoms with Gasteiger partial charge in [-0.1, -0.05) is 18.2 Å². The molecule has 0 saturated carbocycles. The normalized spacial score (nSPS) is 10.4. The lowest BCUT2D eigenvalue weighted by Crippen LogP contribution is -2.18. The summed E-state index contributed by atoms with van der Waals surface area (Å²) in [4.78, 5) is 24.9. The molecule has 1 heterocycles. The number of halogens is 1. The quantitative estimate of drug-likeness (QED) is 0.737. The van der Waals surface area contributed by atoms with Gasteiger partial charge in [-0.2, -0.15) is 5.10 Å². The zero-order valence-corrected chi connectivity index (χ0v) is 14.1. The molecule has 0 bridgehead atoms. The zero-order valence-electron chi connectivity index (χ0n) is 14.1. The summed E-state index contributed by atoms with van der Waals surface area (Å²) in [7, 11) is 0. The molecule has 3 aromatic rings. The van der Waals surface area contributed by atoms with E-state index in [1.165, 1.54) is 24.3 Å². The lowest BCUT2D eigenvalue weighted by atomic mass is 10.2. The molecule has 0 spiro atoms. The van der Waals surface area contributed by atoms with Gasteiger partial charge in [0, 0.05) is 24.0 Å². The molecule has 0 aliphatic heterocycles. The highest BCUT2D eigenvalue weighted by atomic mass is 19.1. The molecular weight excluding hydrogens is 335 g/mol. The molecule has 3 rings (SSSR count). The van der Waals surface area contributed by atoms with E-state index < -0.39 is 17.6 Å². The number of nitrogens with one attached hydrogen (secondary N) is 2. The lowest BCUT2D eigenvalue weighted by molar-refractivity contribution is 0.102. The Kier molecular flexibility index (Phi) is 5.07. The van der Waals surface area contributed by atoms with Gasteiger partial charge in [0.1, 0.15) is 5.82 Å². The van der Waals surface area contributed by atoms with E-state index in [0.29, 0.717) is 12.2 Å². The van der Waals surface area contributed by atoms with E-state index in [4.69, 9.17) is 0 Å². The Bertz CT molecular complexity index is 920. The number of amides is 2. The van der Waals surface area contributed by atoms with Crippen molar-refractivity contribution in [2.75, 3.05) is 10.6 Å². The minimum absolute atomic E-state index is 0.103. The first-order valence-electron chi connectivity index (χ1n) is 8.07. The highest BCUT2D eigenvalue weighted by molar-refractivity contribution is 6.11. The van der Waals surface area contributed by atoms with Crippen LogP contribution in [0.4, 0.5) is 15.8 Å². The van der Waals surface area contributed by atoms with Gasteiger partial charge < -0.3 is 10.6 Å². The fourth-order valence-corrected chi connectivity index (χ4v) is 2.35. The summed E-state index contributed by atoms with van der Waals surface area (Å²) in [6.45, 7) is 2.41. The third-order valence-electron chi connectivity index (χ3n) is 3.69. The molecule has 2 N–H and O–H groups in total. The van der Waals surface area contributed by atoms with Crippen LogP contribution in [0.2, 0.25) is 0 Å². The van der Waals surface area contributed by atoms with Gasteiger partial charge in [0.2, 0.25) is 0 Å². The number of carbonyl (C=O) groups is 2. The van der Waals surface area contributed by atoms with Crippen LogP contribution in [0.1, 0.15) is 27.8 Å². The molecule has 2 aromatic carbocycles. The fraction of sp³-hybridized carbons (Fsp3) is 0.105. The van der Waals surface area contributed by atoms with Gasteiger partial charge in [0.15, 0.2) is 5.69 Å². The van der Waals surface area contributed by atoms with Crippen molar-refractivity contribution in [2.45, 2.75) is 13.5 Å². The van der Waals surface area contributed by atoms with Crippen molar-refractivity contribution in [3.05, 3.63) is 77.9 Å². The fourth-order valence-electron chi connectivity index (χ4n) is 2.35. The van der Waals surface area contributed by atoms with Crippen molar-refractivity contribution in [1.29, 1.82) is 0 Å². The summed E-state index contributed by atoms with van der Waals surface area (Å²) in [5.41, 5.74) is 1.30. The first kappa shape index (κ1) is 17.3. The number of aromatic nitrogens is 2.